The standard InChI is InChI=1S/C13H17N5/c1-18-13(11-4-2-3-7-15-11)16-12(17-18)10-5-8-14-9-6-10/h2-4,7,10,14H,5-6,8-9H2,1H3. The number of hydrogen-bond acceptors (Lipinski definition) is 4. The molecule has 18 heavy (non-hydrogen) atoms. The molecule has 0 spiro atoms. The van der Waals surface area contributed by atoms with E-state index in [1.807, 2.05) is 29.9 Å². The number of hydrogen-bond donors (Lipinski definition) is 1. The molecule has 0 radical (unpaired) electrons. The van der Waals surface area contributed by atoms with Gasteiger partial charge in [0.2, 0.25) is 0 Å². The predicted molar refractivity (Wildman–Crippen MR) is 69.1 cm³/mol. The largest absolute Gasteiger partial charge is 0.317 e. The Labute approximate surface area is 106 Å². The topological polar surface area (TPSA) is 55.6 Å². The van der Waals surface area contributed by atoms with Crippen LogP contribution in [0.1, 0.15) is 24.6 Å². The number of nitrogens with one attached hydrogen (secondary N) is 1. The molecule has 94 valence electrons. The summed E-state index contributed by atoms with van der Waals surface area (Å²) >= 11 is 0. The third-order valence-corrected chi connectivity index (χ3v) is 3.38. The molecule has 0 bridgehead atoms. The molecule has 1 aliphatic rings. The molecule has 2 aromatic heterocycles. The van der Waals surface area contributed by atoms with Gasteiger partial charge in [0.05, 0.1) is 0 Å². The van der Waals surface area contributed by atoms with Gasteiger partial charge in [0.1, 0.15) is 5.69 Å². The van der Waals surface area contributed by atoms with Gasteiger partial charge < -0.3 is 5.32 Å². The van der Waals surface area contributed by atoms with Crippen molar-refractivity contribution in [1.29, 1.82) is 0 Å². The maximum atomic E-state index is 4.67. The third kappa shape index (κ3) is 2.13. The Kier molecular flexibility index (Phi) is 3.06. The molecule has 5 nitrogen and oxygen atoms in total. The molecule has 1 fully saturated rings. The molecule has 1 saturated heterocycles. The van der Waals surface area contributed by atoms with Crippen LogP contribution in [0.3, 0.4) is 0 Å². The van der Waals surface area contributed by atoms with Crippen molar-refractivity contribution in [2.75, 3.05) is 13.1 Å². The summed E-state index contributed by atoms with van der Waals surface area (Å²) in [5.41, 5.74) is 0.882. The summed E-state index contributed by atoms with van der Waals surface area (Å²) < 4.78 is 1.83. The lowest BCUT2D eigenvalue weighted by atomic mass is 9.98. The van der Waals surface area contributed by atoms with Crippen LogP contribution in [-0.2, 0) is 7.05 Å². The molecular weight excluding hydrogens is 226 g/mol. The van der Waals surface area contributed by atoms with Crippen LogP contribution < -0.4 is 5.32 Å². The zero-order chi connectivity index (χ0) is 12.4. The summed E-state index contributed by atoms with van der Waals surface area (Å²) in [5.74, 6) is 2.29. The number of nitrogens with zero attached hydrogens (tertiary/aromatic N) is 4. The van der Waals surface area contributed by atoms with E-state index in [9.17, 15) is 0 Å². The summed E-state index contributed by atoms with van der Waals surface area (Å²) in [6.45, 7) is 2.11. The van der Waals surface area contributed by atoms with E-state index < -0.39 is 0 Å². The van der Waals surface area contributed by atoms with Gasteiger partial charge >= 0.3 is 0 Å². The van der Waals surface area contributed by atoms with Crippen LogP contribution in [0.5, 0.6) is 0 Å². The highest BCUT2D eigenvalue weighted by atomic mass is 15.3. The van der Waals surface area contributed by atoms with E-state index in [0.717, 1.165) is 43.3 Å². The second-order valence-electron chi connectivity index (χ2n) is 4.66. The monoisotopic (exact) mass is 243 g/mol. The SMILES string of the molecule is Cn1nc(C2CCNCC2)nc1-c1ccccn1. The second kappa shape index (κ2) is 4.86. The van der Waals surface area contributed by atoms with E-state index in [1.165, 1.54) is 0 Å². The first-order valence-electron chi connectivity index (χ1n) is 6.37. The summed E-state index contributed by atoms with van der Waals surface area (Å²) in [6, 6.07) is 5.85. The Balaban J connectivity index is 1.91. The van der Waals surface area contributed by atoms with Gasteiger partial charge in [-0.05, 0) is 38.1 Å². The van der Waals surface area contributed by atoms with E-state index in [2.05, 4.69) is 20.4 Å². The van der Waals surface area contributed by atoms with Crippen molar-refractivity contribution in [3.63, 3.8) is 0 Å². The van der Waals surface area contributed by atoms with E-state index in [4.69, 9.17) is 0 Å². The highest BCUT2D eigenvalue weighted by molar-refractivity contribution is 5.48. The minimum absolute atomic E-state index is 0.481. The van der Waals surface area contributed by atoms with Crippen molar-refractivity contribution in [2.24, 2.45) is 7.05 Å². The number of pyridine rings is 1. The highest BCUT2D eigenvalue weighted by Gasteiger charge is 2.21. The maximum absolute atomic E-state index is 4.67. The van der Waals surface area contributed by atoms with E-state index in [1.54, 1.807) is 6.20 Å². The number of aromatic nitrogens is 4. The normalized spacial score (nSPS) is 16.9. The Morgan fingerprint density at radius 3 is 2.83 bits per heavy atom. The van der Waals surface area contributed by atoms with Crippen LogP contribution in [-0.4, -0.2) is 32.8 Å². The van der Waals surface area contributed by atoms with Crippen molar-refractivity contribution in [3.05, 3.63) is 30.2 Å². The first-order valence-corrected chi connectivity index (χ1v) is 6.37. The van der Waals surface area contributed by atoms with Gasteiger partial charge in [0, 0.05) is 19.2 Å². The lowest BCUT2D eigenvalue weighted by molar-refractivity contribution is 0.443. The van der Waals surface area contributed by atoms with Crippen molar-refractivity contribution >= 4 is 0 Å². The van der Waals surface area contributed by atoms with Crippen molar-refractivity contribution in [3.8, 4) is 11.5 Å². The molecule has 5 heteroatoms. The fourth-order valence-electron chi connectivity index (χ4n) is 2.38. The van der Waals surface area contributed by atoms with Gasteiger partial charge in [-0.15, -0.1) is 0 Å². The van der Waals surface area contributed by atoms with Crippen LogP contribution in [0.25, 0.3) is 11.5 Å². The lowest BCUT2D eigenvalue weighted by Gasteiger charge is -2.19. The van der Waals surface area contributed by atoms with E-state index in [-0.39, 0.29) is 0 Å². The Morgan fingerprint density at radius 2 is 2.11 bits per heavy atom. The smallest absolute Gasteiger partial charge is 0.176 e. The first kappa shape index (κ1) is 11.3. The quantitative estimate of drug-likeness (QED) is 0.865. The third-order valence-electron chi connectivity index (χ3n) is 3.38. The molecule has 1 N–H and O–H groups in total. The van der Waals surface area contributed by atoms with Crippen LogP contribution >= 0.6 is 0 Å². The van der Waals surface area contributed by atoms with Gasteiger partial charge in [-0.1, -0.05) is 6.07 Å². The molecule has 0 unspecified atom stereocenters. The fourth-order valence-corrected chi connectivity index (χ4v) is 2.38. The summed E-state index contributed by atoms with van der Waals surface area (Å²) in [7, 11) is 1.93. The molecule has 0 amide bonds. The van der Waals surface area contributed by atoms with Gasteiger partial charge in [0.15, 0.2) is 11.6 Å². The van der Waals surface area contributed by atoms with Crippen LogP contribution in [0, 0.1) is 0 Å². The van der Waals surface area contributed by atoms with Crippen molar-refractivity contribution in [2.45, 2.75) is 18.8 Å². The highest BCUT2D eigenvalue weighted by Crippen LogP contribution is 2.24. The first-order chi connectivity index (χ1) is 8.84. The minimum Gasteiger partial charge on any atom is -0.317 e. The molecule has 1 aliphatic heterocycles. The summed E-state index contributed by atoms with van der Waals surface area (Å²) in [4.78, 5) is 9.00. The molecule has 3 heterocycles. The fraction of sp³-hybridized carbons (Fsp3) is 0.462. The van der Waals surface area contributed by atoms with Crippen LogP contribution in [0.15, 0.2) is 24.4 Å². The van der Waals surface area contributed by atoms with Crippen molar-refractivity contribution < 1.29 is 0 Å². The van der Waals surface area contributed by atoms with Gasteiger partial charge in [0.25, 0.3) is 0 Å². The zero-order valence-corrected chi connectivity index (χ0v) is 10.5. The van der Waals surface area contributed by atoms with Gasteiger partial charge in [-0.25, -0.2) is 9.67 Å². The van der Waals surface area contributed by atoms with E-state index >= 15 is 0 Å². The molecule has 0 aromatic carbocycles. The number of aryl methyl sites for hydroxylation is 1. The molecular formula is C13H17N5. The van der Waals surface area contributed by atoms with Crippen molar-refractivity contribution in [1.82, 2.24) is 25.1 Å². The summed E-state index contributed by atoms with van der Waals surface area (Å²) in [6.07, 6.45) is 4.02. The van der Waals surface area contributed by atoms with Gasteiger partial charge in [-0.2, -0.15) is 5.10 Å². The average Bonchev–Trinajstić information content (AvgIpc) is 2.83. The Hall–Kier alpha value is -1.75. The Morgan fingerprint density at radius 1 is 1.28 bits per heavy atom. The average molecular weight is 243 g/mol. The number of rotatable bonds is 2. The minimum atomic E-state index is 0.481. The molecule has 0 aliphatic carbocycles. The van der Waals surface area contributed by atoms with Gasteiger partial charge in [-0.3, -0.25) is 4.98 Å². The summed E-state index contributed by atoms with van der Waals surface area (Å²) in [5, 5.41) is 7.91. The van der Waals surface area contributed by atoms with E-state index in [0.29, 0.717) is 5.92 Å². The number of piperidine rings is 1. The predicted octanol–water partition coefficient (Wildman–Crippen LogP) is 1.34. The molecule has 0 saturated carbocycles. The Bertz CT molecular complexity index is 513. The van der Waals surface area contributed by atoms with Crippen LogP contribution in [0.2, 0.25) is 0 Å². The lowest BCUT2D eigenvalue weighted by Crippen LogP contribution is -2.27. The zero-order valence-electron chi connectivity index (χ0n) is 10.5. The molecule has 2 aromatic rings. The maximum Gasteiger partial charge on any atom is 0.176 e. The molecule has 0 atom stereocenters. The second-order valence-corrected chi connectivity index (χ2v) is 4.66. The molecule has 3 rings (SSSR count). The van der Waals surface area contributed by atoms with Crippen LogP contribution in [0.4, 0.5) is 0 Å².